The third-order valence-electron chi connectivity index (χ3n) is 1.36. The summed E-state index contributed by atoms with van der Waals surface area (Å²) in [6.07, 6.45) is 2.66. The summed E-state index contributed by atoms with van der Waals surface area (Å²) < 4.78 is 0. The summed E-state index contributed by atoms with van der Waals surface area (Å²) in [5.74, 6) is 0.421. The van der Waals surface area contributed by atoms with Crippen molar-refractivity contribution in [1.29, 1.82) is 0 Å². The molecule has 0 amide bonds. The van der Waals surface area contributed by atoms with Crippen LogP contribution in [0.25, 0.3) is 10.4 Å². The number of hydrogen-bond donors (Lipinski definition) is 0. The summed E-state index contributed by atoms with van der Waals surface area (Å²) in [5.41, 5.74) is 9.21. The molecule has 0 aliphatic rings. The van der Waals surface area contributed by atoms with Crippen molar-refractivity contribution in [3.05, 3.63) is 34.3 Å². The first-order valence-electron chi connectivity index (χ1n) is 3.37. The van der Waals surface area contributed by atoms with Crippen LogP contribution in [0, 0.1) is 0 Å². The van der Waals surface area contributed by atoms with Crippen LogP contribution in [0.2, 0.25) is 0 Å². The van der Waals surface area contributed by atoms with Gasteiger partial charge in [-0.05, 0) is 28.7 Å². The Kier molecular flexibility index (Phi) is 2.47. The summed E-state index contributed by atoms with van der Waals surface area (Å²) in [5, 5.41) is 3.35. The van der Waals surface area contributed by atoms with Gasteiger partial charge in [0.2, 0.25) is 0 Å². The van der Waals surface area contributed by atoms with Gasteiger partial charge in [0.15, 0.2) is 0 Å². The van der Waals surface area contributed by atoms with E-state index in [1.807, 2.05) is 13.0 Å². The summed E-state index contributed by atoms with van der Waals surface area (Å²) in [6, 6.07) is 3.61. The lowest BCUT2D eigenvalue weighted by molar-refractivity contribution is 1.10. The topological polar surface area (TPSA) is 61.7 Å². The first kappa shape index (κ1) is 7.57. The van der Waals surface area contributed by atoms with Crippen LogP contribution in [0.4, 0.5) is 5.82 Å². The van der Waals surface area contributed by atoms with Crippen molar-refractivity contribution in [1.82, 2.24) is 4.98 Å². The summed E-state index contributed by atoms with van der Waals surface area (Å²) >= 11 is 0. The quantitative estimate of drug-likeness (QED) is 0.361. The highest BCUT2D eigenvalue weighted by Gasteiger charge is 1.89. The number of aryl methyl sites for hydroxylation is 1. The van der Waals surface area contributed by atoms with E-state index in [1.165, 1.54) is 0 Å². The van der Waals surface area contributed by atoms with Crippen molar-refractivity contribution in [2.24, 2.45) is 5.11 Å². The lowest BCUT2D eigenvalue weighted by Gasteiger charge is -1.93. The molecule has 1 aromatic heterocycles. The molecule has 0 aromatic carbocycles. The Labute approximate surface area is 64.5 Å². The molecule has 0 fully saturated rings. The minimum absolute atomic E-state index is 0.421. The Balaban J connectivity index is 2.91. The average molecular weight is 148 g/mol. The maximum atomic E-state index is 8.06. The van der Waals surface area contributed by atoms with Gasteiger partial charge in [0.25, 0.3) is 0 Å². The van der Waals surface area contributed by atoms with Crippen molar-refractivity contribution in [2.45, 2.75) is 13.3 Å². The van der Waals surface area contributed by atoms with E-state index >= 15 is 0 Å². The van der Waals surface area contributed by atoms with Gasteiger partial charge in [-0.25, -0.2) is 0 Å². The third-order valence-corrected chi connectivity index (χ3v) is 1.36. The number of hydrogen-bond acceptors (Lipinski definition) is 2. The van der Waals surface area contributed by atoms with Gasteiger partial charge in [-0.3, -0.25) is 4.98 Å². The summed E-state index contributed by atoms with van der Waals surface area (Å²) in [4.78, 5) is 6.54. The minimum atomic E-state index is 0.421. The van der Waals surface area contributed by atoms with E-state index in [1.54, 1.807) is 12.3 Å². The Morgan fingerprint density at radius 2 is 2.45 bits per heavy atom. The Hall–Kier alpha value is -1.54. The molecular formula is C7H8N4. The number of aromatic nitrogens is 1. The van der Waals surface area contributed by atoms with Gasteiger partial charge in [-0.2, -0.15) is 0 Å². The molecule has 0 aliphatic heterocycles. The molecule has 1 aromatic rings. The van der Waals surface area contributed by atoms with E-state index in [2.05, 4.69) is 15.0 Å². The summed E-state index contributed by atoms with van der Waals surface area (Å²) in [7, 11) is 0. The SMILES string of the molecule is CCc1ccc(N=[N+]=[N-])nc1. The van der Waals surface area contributed by atoms with Crippen LogP contribution < -0.4 is 0 Å². The highest BCUT2D eigenvalue weighted by molar-refractivity contribution is 5.28. The monoisotopic (exact) mass is 148 g/mol. The van der Waals surface area contributed by atoms with Gasteiger partial charge < -0.3 is 0 Å². The molecule has 11 heavy (non-hydrogen) atoms. The lowest BCUT2D eigenvalue weighted by Crippen LogP contribution is -1.80. The maximum absolute atomic E-state index is 8.06. The average Bonchev–Trinajstić information content (AvgIpc) is 2.07. The molecule has 0 N–H and O–H groups in total. The zero-order valence-electron chi connectivity index (χ0n) is 6.23. The largest absolute Gasteiger partial charge is 0.254 e. The van der Waals surface area contributed by atoms with E-state index in [0.29, 0.717) is 5.82 Å². The van der Waals surface area contributed by atoms with Crippen molar-refractivity contribution >= 4 is 5.82 Å². The van der Waals surface area contributed by atoms with Crippen molar-refractivity contribution in [3.63, 3.8) is 0 Å². The van der Waals surface area contributed by atoms with Crippen LogP contribution in [-0.4, -0.2) is 4.98 Å². The van der Waals surface area contributed by atoms with Crippen LogP contribution in [-0.2, 0) is 6.42 Å². The fraction of sp³-hybridized carbons (Fsp3) is 0.286. The molecule has 4 heteroatoms. The molecule has 1 heterocycles. The predicted molar refractivity (Wildman–Crippen MR) is 42.4 cm³/mol. The van der Waals surface area contributed by atoms with Crippen LogP contribution >= 0.6 is 0 Å². The first-order valence-corrected chi connectivity index (χ1v) is 3.37. The molecule has 56 valence electrons. The molecular weight excluding hydrogens is 140 g/mol. The Morgan fingerprint density at radius 1 is 1.64 bits per heavy atom. The van der Waals surface area contributed by atoms with E-state index in [0.717, 1.165) is 12.0 Å². The molecule has 0 bridgehead atoms. The fourth-order valence-electron chi connectivity index (χ4n) is 0.731. The van der Waals surface area contributed by atoms with Crippen LogP contribution in [0.15, 0.2) is 23.4 Å². The smallest absolute Gasteiger partial charge is 0.126 e. The number of nitrogens with zero attached hydrogens (tertiary/aromatic N) is 4. The fourth-order valence-corrected chi connectivity index (χ4v) is 0.731. The van der Waals surface area contributed by atoms with Gasteiger partial charge in [-0.15, -0.1) is 0 Å². The molecule has 0 aliphatic carbocycles. The Morgan fingerprint density at radius 3 is 2.91 bits per heavy atom. The summed E-state index contributed by atoms with van der Waals surface area (Å²) in [6.45, 7) is 2.05. The molecule has 0 atom stereocenters. The molecule has 0 saturated heterocycles. The van der Waals surface area contributed by atoms with E-state index in [-0.39, 0.29) is 0 Å². The number of pyridine rings is 1. The lowest BCUT2D eigenvalue weighted by atomic mass is 10.2. The second-order valence-electron chi connectivity index (χ2n) is 2.07. The second kappa shape index (κ2) is 3.58. The molecule has 0 saturated carbocycles. The van der Waals surface area contributed by atoms with Gasteiger partial charge in [0.05, 0.1) is 0 Å². The standard InChI is InChI=1S/C7H8N4/c1-2-6-3-4-7(9-5-6)10-11-8/h3-5H,2H2,1H3. The second-order valence-corrected chi connectivity index (χ2v) is 2.07. The third kappa shape index (κ3) is 1.95. The van der Waals surface area contributed by atoms with Gasteiger partial charge >= 0.3 is 0 Å². The van der Waals surface area contributed by atoms with Crippen molar-refractivity contribution in [2.75, 3.05) is 0 Å². The molecule has 0 unspecified atom stereocenters. The van der Waals surface area contributed by atoms with E-state index in [4.69, 9.17) is 5.53 Å². The van der Waals surface area contributed by atoms with Crippen molar-refractivity contribution in [3.8, 4) is 0 Å². The van der Waals surface area contributed by atoms with E-state index < -0.39 is 0 Å². The van der Waals surface area contributed by atoms with Crippen LogP contribution in [0.1, 0.15) is 12.5 Å². The van der Waals surface area contributed by atoms with Crippen LogP contribution in [0.3, 0.4) is 0 Å². The number of azide groups is 1. The van der Waals surface area contributed by atoms with E-state index in [9.17, 15) is 0 Å². The highest BCUT2D eigenvalue weighted by Crippen LogP contribution is 2.08. The van der Waals surface area contributed by atoms with Gasteiger partial charge in [0.1, 0.15) is 5.82 Å². The minimum Gasteiger partial charge on any atom is -0.254 e. The predicted octanol–water partition coefficient (Wildman–Crippen LogP) is 2.59. The molecule has 0 radical (unpaired) electrons. The van der Waals surface area contributed by atoms with Crippen molar-refractivity contribution < 1.29 is 0 Å². The zero-order valence-corrected chi connectivity index (χ0v) is 6.23. The zero-order chi connectivity index (χ0) is 8.10. The first-order chi connectivity index (χ1) is 5.36. The highest BCUT2D eigenvalue weighted by atomic mass is 15.2. The van der Waals surface area contributed by atoms with Gasteiger partial charge in [-0.1, -0.05) is 13.0 Å². The normalized spacial score (nSPS) is 8.82. The maximum Gasteiger partial charge on any atom is 0.126 e. The number of rotatable bonds is 2. The Bertz CT molecular complexity index is 271. The molecule has 4 nitrogen and oxygen atoms in total. The molecule has 0 spiro atoms. The van der Waals surface area contributed by atoms with Crippen LogP contribution in [0.5, 0.6) is 0 Å². The van der Waals surface area contributed by atoms with Gasteiger partial charge in [0, 0.05) is 11.1 Å². The molecule has 1 rings (SSSR count).